The SMILES string of the molecule is CCn1c(C)cc(C(=O)CO)c1C. The van der Waals surface area contributed by atoms with Gasteiger partial charge in [-0.1, -0.05) is 0 Å². The molecule has 0 aliphatic carbocycles. The van der Waals surface area contributed by atoms with E-state index in [0.29, 0.717) is 5.56 Å². The van der Waals surface area contributed by atoms with Gasteiger partial charge in [-0.15, -0.1) is 0 Å². The molecule has 0 radical (unpaired) electrons. The third-order valence-corrected chi connectivity index (χ3v) is 2.33. The summed E-state index contributed by atoms with van der Waals surface area (Å²) in [4.78, 5) is 11.3. The van der Waals surface area contributed by atoms with Crippen molar-refractivity contribution in [3.8, 4) is 0 Å². The van der Waals surface area contributed by atoms with Crippen molar-refractivity contribution in [2.75, 3.05) is 6.61 Å². The molecular weight excluding hydrogens is 166 g/mol. The lowest BCUT2D eigenvalue weighted by atomic mass is 10.2. The normalized spacial score (nSPS) is 10.5. The molecule has 3 heteroatoms. The lowest BCUT2D eigenvalue weighted by Gasteiger charge is -2.04. The molecule has 0 saturated carbocycles. The molecule has 72 valence electrons. The molecule has 0 fully saturated rings. The number of hydrogen-bond donors (Lipinski definition) is 1. The van der Waals surface area contributed by atoms with Gasteiger partial charge in [-0.3, -0.25) is 4.79 Å². The molecule has 13 heavy (non-hydrogen) atoms. The summed E-state index contributed by atoms with van der Waals surface area (Å²) in [7, 11) is 0. The number of aliphatic hydroxyl groups excluding tert-OH is 1. The van der Waals surface area contributed by atoms with Gasteiger partial charge in [0.2, 0.25) is 0 Å². The molecule has 0 amide bonds. The second-order valence-electron chi connectivity index (χ2n) is 3.11. The van der Waals surface area contributed by atoms with Gasteiger partial charge in [-0.05, 0) is 26.8 Å². The molecule has 1 aromatic rings. The van der Waals surface area contributed by atoms with E-state index in [1.165, 1.54) is 0 Å². The summed E-state index contributed by atoms with van der Waals surface area (Å²) in [6.45, 7) is 6.35. The van der Waals surface area contributed by atoms with Gasteiger partial charge in [0.15, 0.2) is 5.78 Å². The molecular formula is C10H15NO2. The highest BCUT2D eigenvalue weighted by Gasteiger charge is 2.13. The van der Waals surface area contributed by atoms with E-state index in [-0.39, 0.29) is 5.78 Å². The van der Waals surface area contributed by atoms with E-state index >= 15 is 0 Å². The molecule has 0 aliphatic heterocycles. The molecule has 1 heterocycles. The Morgan fingerprint density at radius 2 is 2.15 bits per heavy atom. The zero-order valence-electron chi connectivity index (χ0n) is 8.29. The number of aryl methyl sites for hydroxylation is 1. The minimum Gasteiger partial charge on any atom is -0.388 e. The third-order valence-electron chi connectivity index (χ3n) is 2.33. The number of nitrogens with zero attached hydrogens (tertiary/aromatic N) is 1. The van der Waals surface area contributed by atoms with Crippen LogP contribution in [-0.2, 0) is 6.54 Å². The first-order valence-corrected chi connectivity index (χ1v) is 4.42. The van der Waals surface area contributed by atoms with Crippen LogP contribution in [0, 0.1) is 13.8 Å². The fourth-order valence-corrected chi connectivity index (χ4v) is 1.66. The highest BCUT2D eigenvalue weighted by atomic mass is 16.3. The summed E-state index contributed by atoms with van der Waals surface area (Å²) in [5.74, 6) is -0.201. The molecule has 0 bridgehead atoms. The second kappa shape index (κ2) is 3.75. The molecule has 0 saturated heterocycles. The average Bonchev–Trinajstić information content (AvgIpc) is 2.40. The quantitative estimate of drug-likeness (QED) is 0.714. The molecule has 3 nitrogen and oxygen atoms in total. The van der Waals surface area contributed by atoms with Crippen LogP contribution in [0.25, 0.3) is 0 Å². The summed E-state index contributed by atoms with van der Waals surface area (Å²) in [5.41, 5.74) is 2.65. The van der Waals surface area contributed by atoms with Crippen LogP contribution in [0.4, 0.5) is 0 Å². The Hall–Kier alpha value is -1.09. The Kier molecular flexibility index (Phi) is 2.88. The van der Waals surface area contributed by atoms with Gasteiger partial charge >= 0.3 is 0 Å². The number of Topliss-reactive ketones (excluding diaryl/α,β-unsaturated/α-hetero) is 1. The Bertz CT molecular complexity index is 326. The molecule has 0 spiro atoms. The van der Waals surface area contributed by atoms with Gasteiger partial charge in [-0.2, -0.15) is 0 Å². The highest BCUT2D eigenvalue weighted by Crippen LogP contribution is 2.15. The number of ketones is 1. The number of aliphatic hydroxyl groups is 1. The van der Waals surface area contributed by atoms with E-state index in [0.717, 1.165) is 17.9 Å². The first-order valence-electron chi connectivity index (χ1n) is 4.42. The van der Waals surface area contributed by atoms with Crippen LogP contribution < -0.4 is 0 Å². The number of hydrogen-bond acceptors (Lipinski definition) is 2. The maximum atomic E-state index is 11.3. The van der Waals surface area contributed by atoms with Crippen molar-refractivity contribution in [2.24, 2.45) is 0 Å². The van der Waals surface area contributed by atoms with E-state index in [4.69, 9.17) is 5.11 Å². The third kappa shape index (κ3) is 1.65. The van der Waals surface area contributed by atoms with E-state index in [1.54, 1.807) is 0 Å². The van der Waals surface area contributed by atoms with Crippen LogP contribution >= 0.6 is 0 Å². The number of aromatic nitrogens is 1. The van der Waals surface area contributed by atoms with Crippen LogP contribution in [0.15, 0.2) is 6.07 Å². The van der Waals surface area contributed by atoms with Crippen molar-refractivity contribution < 1.29 is 9.90 Å². The van der Waals surface area contributed by atoms with Gasteiger partial charge in [0.05, 0.1) is 0 Å². The van der Waals surface area contributed by atoms with Gasteiger partial charge < -0.3 is 9.67 Å². The number of carbonyl (C=O) groups is 1. The fourth-order valence-electron chi connectivity index (χ4n) is 1.66. The molecule has 1 aromatic heterocycles. The maximum Gasteiger partial charge on any atom is 0.189 e. The van der Waals surface area contributed by atoms with Gasteiger partial charge in [-0.25, -0.2) is 0 Å². The predicted molar refractivity (Wildman–Crippen MR) is 51.0 cm³/mol. The minimum absolute atomic E-state index is 0.201. The van der Waals surface area contributed by atoms with Crippen molar-refractivity contribution in [1.29, 1.82) is 0 Å². The monoisotopic (exact) mass is 181 g/mol. The van der Waals surface area contributed by atoms with Crippen LogP contribution in [0.5, 0.6) is 0 Å². The lowest BCUT2D eigenvalue weighted by molar-refractivity contribution is 0.0903. The first-order chi connectivity index (χ1) is 6.11. The summed E-state index contributed by atoms with van der Waals surface area (Å²) < 4.78 is 2.06. The largest absolute Gasteiger partial charge is 0.388 e. The van der Waals surface area contributed by atoms with E-state index < -0.39 is 6.61 Å². The van der Waals surface area contributed by atoms with Crippen molar-refractivity contribution >= 4 is 5.78 Å². The summed E-state index contributed by atoms with van der Waals surface area (Å²) in [5, 5.41) is 8.73. The van der Waals surface area contributed by atoms with Gasteiger partial charge in [0.1, 0.15) is 6.61 Å². The lowest BCUT2D eigenvalue weighted by Crippen LogP contribution is -2.06. The summed E-state index contributed by atoms with van der Waals surface area (Å²) in [6.07, 6.45) is 0. The van der Waals surface area contributed by atoms with Crippen molar-refractivity contribution in [3.63, 3.8) is 0 Å². The average molecular weight is 181 g/mol. The first kappa shape index (κ1) is 9.99. The Labute approximate surface area is 78.0 Å². The number of rotatable bonds is 3. The zero-order chi connectivity index (χ0) is 10.0. The topological polar surface area (TPSA) is 42.2 Å². The molecule has 0 aromatic carbocycles. The second-order valence-corrected chi connectivity index (χ2v) is 3.11. The standard InChI is InChI=1S/C10H15NO2/c1-4-11-7(2)5-9(8(11)3)10(13)6-12/h5,12H,4,6H2,1-3H3. The van der Waals surface area contributed by atoms with Crippen molar-refractivity contribution in [1.82, 2.24) is 4.57 Å². The molecule has 0 unspecified atom stereocenters. The zero-order valence-corrected chi connectivity index (χ0v) is 8.29. The summed E-state index contributed by atoms with van der Waals surface area (Å²) >= 11 is 0. The molecule has 1 rings (SSSR count). The fraction of sp³-hybridized carbons (Fsp3) is 0.500. The minimum atomic E-state index is -0.409. The Morgan fingerprint density at radius 3 is 2.54 bits per heavy atom. The van der Waals surface area contributed by atoms with E-state index in [9.17, 15) is 4.79 Å². The smallest absolute Gasteiger partial charge is 0.189 e. The number of carbonyl (C=O) groups excluding carboxylic acids is 1. The molecule has 0 atom stereocenters. The molecule has 0 aliphatic rings. The summed E-state index contributed by atoms with van der Waals surface area (Å²) in [6, 6.07) is 1.83. The highest BCUT2D eigenvalue weighted by molar-refractivity contribution is 5.98. The van der Waals surface area contributed by atoms with Gasteiger partial charge in [0, 0.05) is 23.5 Å². The molecule has 1 N–H and O–H groups in total. The van der Waals surface area contributed by atoms with Crippen molar-refractivity contribution in [2.45, 2.75) is 27.3 Å². The van der Waals surface area contributed by atoms with Crippen LogP contribution in [0.2, 0.25) is 0 Å². The van der Waals surface area contributed by atoms with Crippen LogP contribution in [0.3, 0.4) is 0 Å². The van der Waals surface area contributed by atoms with Crippen LogP contribution in [0.1, 0.15) is 28.7 Å². The van der Waals surface area contributed by atoms with Crippen LogP contribution in [-0.4, -0.2) is 22.1 Å². The van der Waals surface area contributed by atoms with E-state index in [1.807, 2.05) is 26.8 Å². The van der Waals surface area contributed by atoms with Crippen molar-refractivity contribution in [3.05, 3.63) is 23.0 Å². The maximum absolute atomic E-state index is 11.3. The Balaban J connectivity index is 3.18. The predicted octanol–water partition coefficient (Wildman–Crippen LogP) is 1.30. The Morgan fingerprint density at radius 1 is 1.54 bits per heavy atom. The van der Waals surface area contributed by atoms with E-state index in [2.05, 4.69) is 4.57 Å². The van der Waals surface area contributed by atoms with Gasteiger partial charge in [0.25, 0.3) is 0 Å².